The second-order valence-electron chi connectivity index (χ2n) is 6.90. The van der Waals surface area contributed by atoms with Gasteiger partial charge in [-0.1, -0.05) is 45.0 Å². The normalized spacial score (nSPS) is 20.8. The maximum absolute atomic E-state index is 6.23. The highest BCUT2D eigenvalue weighted by molar-refractivity contribution is 5.24. The summed E-state index contributed by atoms with van der Waals surface area (Å²) in [6.45, 7) is 7.51. The van der Waals surface area contributed by atoms with Gasteiger partial charge in [0.1, 0.15) is 0 Å². The first-order valence-corrected chi connectivity index (χ1v) is 7.96. The van der Waals surface area contributed by atoms with E-state index >= 15 is 0 Å². The summed E-state index contributed by atoms with van der Waals surface area (Å²) in [6, 6.07) is 8.60. The zero-order valence-electron chi connectivity index (χ0n) is 13.2. The number of nitrogens with two attached hydrogens (primary N) is 1. The number of rotatable bonds is 5. The van der Waals surface area contributed by atoms with Crippen molar-refractivity contribution < 1.29 is 4.74 Å². The van der Waals surface area contributed by atoms with Gasteiger partial charge in [0.05, 0.1) is 18.8 Å². The van der Waals surface area contributed by atoms with Crippen LogP contribution in [0.1, 0.15) is 63.6 Å². The highest BCUT2D eigenvalue weighted by Crippen LogP contribution is 2.36. The summed E-state index contributed by atoms with van der Waals surface area (Å²) in [4.78, 5) is 0. The van der Waals surface area contributed by atoms with E-state index < -0.39 is 0 Å². The summed E-state index contributed by atoms with van der Waals surface area (Å²) in [5, 5.41) is 0. The van der Waals surface area contributed by atoms with Crippen molar-refractivity contribution in [3.05, 3.63) is 35.4 Å². The zero-order valence-corrected chi connectivity index (χ0v) is 13.2. The average Bonchev–Trinajstić information content (AvgIpc) is 2.46. The lowest BCUT2D eigenvalue weighted by Gasteiger charge is -2.34. The molecule has 0 amide bonds. The van der Waals surface area contributed by atoms with E-state index in [1.54, 1.807) is 0 Å². The first kappa shape index (κ1) is 15.5. The Morgan fingerprint density at radius 3 is 2.35 bits per heavy atom. The van der Waals surface area contributed by atoms with Crippen LogP contribution in [0, 0.1) is 5.41 Å². The molecule has 1 aromatic carbocycles. The SMILES string of the molecule is CCc1ccc(C(N)COC2CCC(C)(C)CC2)cc1. The van der Waals surface area contributed by atoms with Crippen molar-refractivity contribution in [2.75, 3.05) is 6.61 Å². The van der Waals surface area contributed by atoms with E-state index in [0.717, 1.165) is 6.42 Å². The lowest BCUT2D eigenvalue weighted by atomic mass is 9.76. The van der Waals surface area contributed by atoms with E-state index in [1.807, 2.05) is 0 Å². The van der Waals surface area contributed by atoms with Gasteiger partial charge in [-0.25, -0.2) is 0 Å². The molecule has 1 unspecified atom stereocenters. The molecule has 2 heteroatoms. The summed E-state index contributed by atoms with van der Waals surface area (Å²) >= 11 is 0. The van der Waals surface area contributed by atoms with Crippen LogP contribution in [0.3, 0.4) is 0 Å². The maximum Gasteiger partial charge on any atom is 0.0663 e. The molecule has 0 spiro atoms. The summed E-state index contributed by atoms with van der Waals surface area (Å²) in [5.41, 5.74) is 9.27. The average molecular weight is 275 g/mol. The van der Waals surface area contributed by atoms with E-state index in [0.29, 0.717) is 18.1 Å². The maximum atomic E-state index is 6.23. The molecule has 112 valence electrons. The van der Waals surface area contributed by atoms with Crippen LogP contribution in [0.5, 0.6) is 0 Å². The monoisotopic (exact) mass is 275 g/mol. The standard InChI is InChI=1S/C18H29NO/c1-4-14-5-7-15(8-6-14)17(19)13-20-16-9-11-18(2,3)12-10-16/h5-8,16-17H,4,9-13,19H2,1-3H3. The van der Waals surface area contributed by atoms with Crippen molar-refractivity contribution >= 4 is 0 Å². The Hall–Kier alpha value is -0.860. The first-order chi connectivity index (χ1) is 9.50. The molecule has 20 heavy (non-hydrogen) atoms. The van der Waals surface area contributed by atoms with Gasteiger partial charge < -0.3 is 10.5 Å². The van der Waals surface area contributed by atoms with Gasteiger partial charge in [0.2, 0.25) is 0 Å². The molecule has 1 aromatic rings. The van der Waals surface area contributed by atoms with Crippen LogP contribution in [0.2, 0.25) is 0 Å². The fourth-order valence-corrected chi connectivity index (χ4v) is 2.88. The fourth-order valence-electron chi connectivity index (χ4n) is 2.88. The van der Waals surface area contributed by atoms with Crippen LogP contribution in [-0.2, 0) is 11.2 Å². The number of ether oxygens (including phenoxy) is 1. The molecule has 2 N–H and O–H groups in total. The van der Waals surface area contributed by atoms with Crippen molar-refractivity contribution in [2.24, 2.45) is 11.1 Å². The Morgan fingerprint density at radius 1 is 1.20 bits per heavy atom. The number of aryl methyl sites for hydroxylation is 1. The molecule has 0 aromatic heterocycles. The van der Waals surface area contributed by atoms with Crippen molar-refractivity contribution in [1.82, 2.24) is 0 Å². The van der Waals surface area contributed by atoms with Crippen molar-refractivity contribution in [3.63, 3.8) is 0 Å². The molecule has 1 saturated carbocycles. The lowest BCUT2D eigenvalue weighted by Crippen LogP contribution is -2.29. The van der Waals surface area contributed by atoms with Gasteiger partial charge in [-0.2, -0.15) is 0 Å². The third kappa shape index (κ3) is 4.32. The first-order valence-electron chi connectivity index (χ1n) is 7.96. The summed E-state index contributed by atoms with van der Waals surface area (Å²) in [7, 11) is 0. The molecular weight excluding hydrogens is 246 g/mol. The molecule has 2 rings (SSSR count). The largest absolute Gasteiger partial charge is 0.376 e. The Morgan fingerprint density at radius 2 is 1.80 bits per heavy atom. The second-order valence-corrected chi connectivity index (χ2v) is 6.90. The third-order valence-electron chi connectivity index (χ3n) is 4.61. The molecule has 1 aliphatic rings. The molecule has 1 atom stereocenters. The Labute approximate surface area is 123 Å². The van der Waals surface area contributed by atoms with Crippen LogP contribution in [0.15, 0.2) is 24.3 Å². The van der Waals surface area contributed by atoms with Gasteiger partial charge in [-0.05, 0) is 48.6 Å². The van der Waals surface area contributed by atoms with Gasteiger partial charge in [0, 0.05) is 0 Å². The van der Waals surface area contributed by atoms with E-state index in [-0.39, 0.29) is 6.04 Å². The van der Waals surface area contributed by atoms with E-state index in [9.17, 15) is 0 Å². The lowest BCUT2D eigenvalue weighted by molar-refractivity contribution is -0.00184. The molecule has 1 aliphatic carbocycles. The molecule has 0 bridgehead atoms. The smallest absolute Gasteiger partial charge is 0.0663 e. The Kier molecular flexibility index (Phi) is 5.22. The van der Waals surface area contributed by atoms with Gasteiger partial charge in [-0.15, -0.1) is 0 Å². The van der Waals surface area contributed by atoms with Gasteiger partial charge in [0.25, 0.3) is 0 Å². The van der Waals surface area contributed by atoms with Crippen molar-refractivity contribution in [1.29, 1.82) is 0 Å². The Balaban J connectivity index is 1.78. The van der Waals surface area contributed by atoms with Crippen LogP contribution in [0.4, 0.5) is 0 Å². The summed E-state index contributed by atoms with van der Waals surface area (Å²) < 4.78 is 6.02. The third-order valence-corrected chi connectivity index (χ3v) is 4.61. The minimum Gasteiger partial charge on any atom is -0.376 e. The predicted molar refractivity (Wildman–Crippen MR) is 84.7 cm³/mol. The topological polar surface area (TPSA) is 35.2 Å². The Bertz CT molecular complexity index is 400. The highest BCUT2D eigenvalue weighted by Gasteiger charge is 2.27. The molecule has 2 nitrogen and oxygen atoms in total. The number of hydrogen-bond acceptors (Lipinski definition) is 2. The van der Waals surface area contributed by atoms with Crippen LogP contribution in [-0.4, -0.2) is 12.7 Å². The van der Waals surface area contributed by atoms with Crippen LogP contribution >= 0.6 is 0 Å². The van der Waals surface area contributed by atoms with E-state index in [4.69, 9.17) is 10.5 Å². The minimum absolute atomic E-state index is 0.00385. The highest BCUT2D eigenvalue weighted by atomic mass is 16.5. The molecule has 1 fully saturated rings. The molecule has 0 radical (unpaired) electrons. The molecule has 0 saturated heterocycles. The van der Waals surface area contributed by atoms with Crippen molar-refractivity contribution in [3.8, 4) is 0 Å². The minimum atomic E-state index is -0.00385. The zero-order chi connectivity index (χ0) is 14.6. The van der Waals surface area contributed by atoms with Crippen LogP contribution < -0.4 is 5.73 Å². The summed E-state index contributed by atoms with van der Waals surface area (Å²) in [5.74, 6) is 0. The quantitative estimate of drug-likeness (QED) is 0.872. The predicted octanol–water partition coefficient (Wildman–Crippen LogP) is 4.23. The van der Waals surface area contributed by atoms with Crippen LogP contribution in [0.25, 0.3) is 0 Å². The van der Waals surface area contributed by atoms with E-state index in [1.165, 1.54) is 36.8 Å². The van der Waals surface area contributed by atoms with Gasteiger partial charge >= 0.3 is 0 Å². The molecular formula is C18H29NO. The summed E-state index contributed by atoms with van der Waals surface area (Å²) in [6.07, 6.45) is 6.35. The van der Waals surface area contributed by atoms with Crippen molar-refractivity contribution in [2.45, 2.75) is 65.0 Å². The number of benzene rings is 1. The number of hydrogen-bond donors (Lipinski definition) is 1. The van der Waals surface area contributed by atoms with E-state index in [2.05, 4.69) is 45.0 Å². The fraction of sp³-hybridized carbons (Fsp3) is 0.667. The second kappa shape index (κ2) is 6.73. The van der Waals surface area contributed by atoms with Gasteiger partial charge in [-0.3, -0.25) is 0 Å². The molecule has 0 heterocycles. The van der Waals surface area contributed by atoms with Gasteiger partial charge in [0.15, 0.2) is 0 Å². The molecule has 0 aliphatic heterocycles.